The van der Waals surface area contributed by atoms with Crippen LogP contribution in [0.25, 0.3) is 0 Å². The van der Waals surface area contributed by atoms with E-state index >= 15 is 0 Å². The fourth-order valence-corrected chi connectivity index (χ4v) is 5.95. The van der Waals surface area contributed by atoms with Crippen LogP contribution in [0.4, 0.5) is 0 Å². The number of halogens is 1. The maximum atomic E-state index is 13.0. The first-order valence-corrected chi connectivity index (χ1v) is 12.4. The van der Waals surface area contributed by atoms with Crippen LogP contribution < -0.4 is 0 Å². The van der Waals surface area contributed by atoms with Crippen molar-refractivity contribution in [3.05, 3.63) is 67.9 Å². The normalized spacial score (nSPS) is 19.0. The van der Waals surface area contributed by atoms with E-state index in [1.165, 1.54) is 4.88 Å². The van der Waals surface area contributed by atoms with Gasteiger partial charge in [-0.25, -0.2) is 0 Å². The van der Waals surface area contributed by atoms with Crippen molar-refractivity contribution in [3.8, 4) is 0 Å². The molecule has 162 valence electrons. The second kappa shape index (κ2) is 9.35. The smallest absolute Gasteiger partial charge is 0.255 e. The van der Waals surface area contributed by atoms with E-state index in [1.807, 2.05) is 24.4 Å². The Morgan fingerprint density at radius 3 is 2.94 bits per heavy atom. The van der Waals surface area contributed by atoms with E-state index in [0.29, 0.717) is 13.0 Å². The minimum absolute atomic E-state index is 0.000219. The van der Waals surface area contributed by atoms with Gasteiger partial charge in [-0.05, 0) is 66.6 Å². The van der Waals surface area contributed by atoms with Crippen LogP contribution in [0.2, 0.25) is 5.02 Å². The molecule has 0 bridgehead atoms. The number of carbonyl (C=O) groups is 2. The Balaban J connectivity index is 1.40. The summed E-state index contributed by atoms with van der Waals surface area (Å²) in [5, 5.41) is 2.72. The Bertz CT molecular complexity index is 1070. The zero-order valence-corrected chi connectivity index (χ0v) is 20.1. The van der Waals surface area contributed by atoms with Gasteiger partial charge in [-0.2, -0.15) is 0 Å². The molecule has 1 aliphatic heterocycles. The molecule has 2 aromatic rings. The van der Waals surface area contributed by atoms with Crippen LogP contribution in [-0.2, 0) is 24.2 Å². The monoisotopic (exact) mass is 471 g/mol. The van der Waals surface area contributed by atoms with Crippen molar-refractivity contribution in [2.24, 2.45) is 0 Å². The second-order valence-corrected chi connectivity index (χ2v) is 10.5. The predicted molar refractivity (Wildman–Crippen MR) is 131 cm³/mol. The molecule has 0 radical (unpaired) electrons. The van der Waals surface area contributed by atoms with E-state index < -0.39 is 0 Å². The highest BCUT2D eigenvalue weighted by molar-refractivity contribution is 7.80. The molecule has 1 amide bonds. The van der Waals surface area contributed by atoms with Crippen LogP contribution in [0.3, 0.4) is 0 Å². The highest BCUT2D eigenvalue weighted by Crippen LogP contribution is 2.35. The Morgan fingerprint density at radius 2 is 2.16 bits per heavy atom. The van der Waals surface area contributed by atoms with Crippen LogP contribution >= 0.6 is 35.2 Å². The van der Waals surface area contributed by atoms with Crippen molar-refractivity contribution in [1.29, 1.82) is 0 Å². The van der Waals surface area contributed by atoms with E-state index in [0.717, 1.165) is 76.2 Å². The maximum absolute atomic E-state index is 13.0. The molecule has 3 nitrogen and oxygen atoms in total. The van der Waals surface area contributed by atoms with Crippen LogP contribution in [-0.4, -0.2) is 27.5 Å². The molecular formula is C25H26ClNO2S2. The number of thiocarbonyl (C=S) groups is 1. The fraction of sp³-hybridized carbons (Fsp3) is 0.400. The second-order valence-electron chi connectivity index (χ2n) is 8.58. The lowest BCUT2D eigenvalue weighted by molar-refractivity contribution is -0.122. The molecule has 2 heterocycles. The van der Waals surface area contributed by atoms with Crippen LogP contribution in [0.15, 0.2) is 35.7 Å². The summed E-state index contributed by atoms with van der Waals surface area (Å²) in [5.41, 5.74) is 5.04. The van der Waals surface area contributed by atoms with Crippen molar-refractivity contribution in [1.82, 2.24) is 4.90 Å². The van der Waals surface area contributed by atoms with Gasteiger partial charge >= 0.3 is 0 Å². The molecule has 2 aliphatic rings. The largest absolute Gasteiger partial charge is 0.324 e. The minimum Gasteiger partial charge on any atom is -0.324 e. The van der Waals surface area contributed by atoms with E-state index in [-0.39, 0.29) is 17.7 Å². The van der Waals surface area contributed by atoms with Gasteiger partial charge in [0.2, 0.25) is 0 Å². The molecular weight excluding hydrogens is 446 g/mol. The summed E-state index contributed by atoms with van der Waals surface area (Å²) in [6.07, 6.45) is 5.27. The summed E-state index contributed by atoms with van der Waals surface area (Å²) in [7, 11) is 0. The number of hydrogen-bond donors (Lipinski definition) is 0. The maximum Gasteiger partial charge on any atom is 0.255 e. The van der Waals surface area contributed by atoms with Gasteiger partial charge in [-0.15, -0.1) is 11.3 Å². The third kappa shape index (κ3) is 4.84. The van der Waals surface area contributed by atoms with E-state index in [2.05, 4.69) is 12.6 Å². The Hall–Kier alpha value is -1.82. The fourth-order valence-electron chi connectivity index (χ4n) is 4.44. The van der Waals surface area contributed by atoms with E-state index in [1.54, 1.807) is 16.2 Å². The first-order valence-electron chi connectivity index (χ1n) is 10.7. The number of allylic oxidation sites excluding steroid dienone is 1. The molecule has 4 rings (SSSR count). The van der Waals surface area contributed by atoms with E-state index in [4.69, 9.17) is 23.8 Å². The SMILES string of the molecule is C=C1CCC[C@H](N2Cc3c(csc3CCC(=S)Cc3ccc(C)c(Cl)c3)C2=O)C(=O)C1. The minimum atomic E-state index is -0.315. The number of hydrogen-bond acceptors (Lipinski definition) is 4. The summed E-state index contributed by atoms with van der Waals surface area (Å²) in [4.78, 5) is 29.7. The quantitative estimate of drug-likeness (QED) is 0.282. The summed E-state index contributed by atoms with van der Waals surface area (Å²) in [6, 6.07) is 5.77. The van der Waals surface area contributed by atoms with Crippen LogP contribution in [0.5, 0.6) is 0 Å². The van der Waals surface area contributed by atoms with Crippen molar-refractivity contribution >= 4 is 51.7 Å². The number of fused-ring (bicyclic) bond motifs is 1. The van der Waals surface area contributed by atoms with Gasteiger partial charge in [-0.1, -0.05) is 48.1 Å². The molecule has 0 N–H and O–H groups in total. The van der Waals surface area contributed by atoms with Gasteiger partial charge in [0, 0.05) is 34.7 Å². The molecule has 1 aromatic heterocycles. The number of rotatable bonds is 6. The van der Waals surface area contributed by atoms with Crippen molar-refractivity contribution in [2.75, 3.05) is 0 Å². The number of thiophene rings is 1. The first-order chi connectivity index (χ1) is 14.8. The summed E-state index contributed by atoms with van der Waals surface area (Å²) < 4.78 is 0. The molecule has 0 unspecified atom stereocenters. The average molecular weight is 472 g/mol. The molecule has 0 saturated heterocycles. The van der Waals surface area contributed by atoms with Gasteiger partial charge in [0.05, 0.1) is 11.6 Å². The van der Waals surface area contributed by atoms with Gasteiger partial charge < -0.3 is 4.90 Å². The molecule has 1 aromatic carbocycles. The van der Waals surface area contributed by atoms with E-state index in [9.17, 15) is 9.59 Å². The number of Topliss-reactive ketones (excluding diaryl/α,β-unsaturated/α-hetero) is 1. The third-order valence-electron chi connectivity index (χ3n) is 6.25. The van der Waals surface area contributed by atoms with Gasteiger partial charge in [0.1, 0.15) is 0 Å². The van der Waals surface area contributed by atoms with Gasteiger partial charge in [-0.3, -0.25) is 9.59 Å². The van der Waals surface area contributed by atoms with Crippen molar-refractivity contribution < 1.29 is 9.59 Å². The van der Waals surface area contributed by atoms with Crippen LogP contribution in [0, 0.1) is 6.92 Å². The molecule has 1 atom stereocenters. The Labute approximate surface area is 198 Å². The summed E-state index contributed by atoms with van der Waals surface area (Å²) >= 11 is 13.5. The highest BCUT2D eigenvalue weighted by Gasteiger charge is 2.38. The highest BCUT2D eigenvalue weighted by atomic mass is 35.5. The zero-order valence-electron chi connectivity index (χ0n) is 17.7. The van der Waals surface area contributed by atoms with Crippen molar-refractivity contribution in [3.63, 3.8) is 0 Å². The lowest BCUT2D eigenvalue weighted by atomic mass is 10.0. The molecule has 1 fully saturated rings. The number of carbonyl (C=O) groups excluding carboxylic acids is 2. The van der Waals surface area contributed by atoms with Crippen molar-refractivity contribution in [2.45, 2.75) is 64.5 Å². The standard InChI is InChI=1S/C25H26ClNO2S2/c1-15-4-3-5-22(23(28)10-15)27-13-19-20(25(27)29)14-31-24(19)9-8-18(30)11-17-7-6-16(2)21(26)12-17/h6-7,12,14,22H,1,3-5,8-11,13H2,2H3/t22-/m0/s1. The number of benzene rings is 1. The number of aryl methyl sites for hydroxylation is 2. The number of nitrogens with zero attached hydrogens (tertiary/aromatic N) is 1. The Kier molecular flexibility index (Phi) is 6.75. The number of amides is 1. The van der Waals surface area contributed by atoms with Gasteiger partial charge in [0.15, 0.2) is 5.78 Å². The lowest BCUT2D eigenvalue weighted by Crippen LogP contribution is -2.40. The third-order valence-corrected chi connectivity index (χ3v) is 8.09. The molecule has 31 heavy (non-hydrogen) atoms. The average Bonchev–Trinajstić information content (AvgIpc) is 3.21. The molecule has 0 spiro atoms. The Morgan fingerprint density at radius 1 is 1.35 bits per heavy atom. The number of ketones is 1. The predicted octanol–water partition coefficient (Wildman–Crippen LogP) is 6.28. The zero-order chi connectivity index (χ0) is 22.1. The topological polar surface area (TPSA) is 37.4 Å². The summed E-state index contributed by atoms with van der Waals surface area (Å²) in [5.74, 6) is 0.129. The molecule has 1 saturated carbocycles. The summed E-state index contributed by atoms with van der Waals surface area (Å²) in [6.45, 7) is 6.52. The molecule has 1 aliphatic carbocycles. The molecule has 6 heteroatoms. The first kappa shape index (κ1) is 22.4. The lowest BCUT2D eigenvalue weighted by Gasteiger charge is -2.25. The van der Waals surface area contributed by atoms with Gasteiger partial charge in [0.25, 0.3) is 5.91 Å². The van der Waals surface area contributed by atoms with Crippen LogP contribution in [0.1, 0.15) is 64.0 Å².